The Kier molecular flexibility index (Phi) is 7.80. The Bertz CT molecular complexity index is 902. The Morgan fingerprint density at radius 1 is 0.964 bits per heavy atom. The van der Waals surface area contributed by atoms with Crippen LogP contribution in [0.1, 0.15) is 30.8 Å². The molecule has 0 aliphatic carbocycles. The molecule has 1 N–H and O–H groups in total. The smallest absolute Gasteiger partial charge is 0.352 e. The quantitative estimate of drug-likeness (QED) is 0.570. The van der Waals surface area contributed by atoms with Gasteiger partial charge in [0.2, 0.25) is 10.0 Å². The molecule has 28 heavy (non-hydrogen) atoms. The van der Waals surface area contributed by atoms with Crippen LogP contribution in [-0.4, -0.2) is 28.7 Å². The first-order valence-corrected chi connectivity index (χ1v) is 12.0. The molecule has 0 fully saturated rings. The van der Waals surface area contributed by atoms with Gasteiger partial charge >= 0.3 is 7.60 Å². The highest BCUT2D eigenvalue weighted by molar-refractivity contribution is 7.89. The standard InChI is InChI=1S/C19H26NO6PS/c1-5-25-27(21,26-6-2)19(16-9-11-17(24-4)12-10-16)20-28(22,23)18-13-7-15(3)8-14-18/h7-14,19-20H,5-6H2,1-4H3. The van der Waals surface area contributed by atoms with Gasteiger partial charge in [-0.3, -0.25) is 4.57 Å². The van der Waals surface area contributed by atoms with Gasteiger partial charge in [-0.15, -0.1) is 0 Å². The SMILES string of the molecule is CCOP(=O)(OCC)C(NS(=O)(=O)c1ccc(C)cc1)c1ccc(OC)cc1. The Labute approximate surface area is 166 Å². The second kappa shape index (κ2) is 9.67. The van der Waals surface area contributed by atoms with Crippen LogP contribution in [0.5, 0.6) is 5.75 Å². The molecule has 0 aromatic heterocycles. The summed E-state index contributed by atoms with van der Waals surface area (Å²) in [7, 11) is -6.28. The number of rotatable bonds is 10. The Balaban J connectivity index is 2.50. The third-order valence-corrected chi connectivity index (χ3v) is 7.87. The van der Waals surface area contributed by atoms with Crippen LogP contribution in [0.4, 0.5) is 0 Å². The van der Waals surface area contributed by atoms with Gasteiger partial charge in [-0.2, -0.15) is 4.72 Å². The Morgan fingerprint density at radius 3 is 1.96 bits per heavy atom. The van der Waals surface area contributed by atoms with Crippen molar-refractivity contribution < 1.29 is 26.8 Å². The first-order chi connectivity index (χ1) is 13.3. The number of benzene rings is 2. The van der Waals surface area contributed by atoms with Crippen LogP contribution in [0.15, 0.2) is 53.4 Å². The lowest BCUT2D eigenvalue weighted by Gasteiger charge is -2.27. The Morgan fingerprint density at radius 2 is 1.50 bits per heavy atom. The van der Waals surface area contributed by atoms with Gasteiger partial charge in [0.25, 0.3) is 0 Å². The highest BCUT2D eigenvalue weighted by atomic mass is 32.2. The van der Waals surface area contributed by atoms with Gasteiger partial charge in [-0.05, 0) is 50.6 Å². The van der Waals surface area contributed by atoms with Crippen LogP contribution in [0.3, 0.4) is 0 Å². The summed E-state index contributed by atoms with van der Waals surface area (Å²) < 4.78 is 57.8. The third-order valence-electron chi connectivity index (χ3n) is 3.96. The average Bonchev–Trinajstić information content (AvgIpc) is 2.67. The Hall–Kier alpha value is -1.70. The van der Waals surface area contributed by atoms with Crippen LogP contribution in [0.2, 0.25) is 0 Å². The summed E-state index contributed by atoms with van der Waals surface area (Å²) in [5, 5.41) is 0. The number of hydrogen-bond donors (Lipinski definition) is 1. The van der Waals surface area contributed by atoms with Crippen molar-refractivity contribution in [1.29, 1.82) is 0 Å². The van der Waals surface area contributed by atoms with Crippen LogP contribution in [0.25, 0.3) is 0 Å². The maximum absolute atomic E-state index is 13.4. The molecular weight excluding hydrogens is 401 g/mol. The predicted molar refractivity (Wildman–Crippen MR) is 108 cm³/mol. The maximum Gasteiger partial charge on any atom is 0.352 e. The van der Waals surface area contributed by atoms with E-state index in [2.05, 4.69) is 4.72 Å². The van der Waals surface area contributed by atoms with Crippen molar-refractivity contribution in [2.45, 2.75) is 31.4 Å². The van der Waals surface area contributed by atoms with Crippen molar-refractivity contribution >= 4 is 17.6 Å². The second-order valence-corrected chi connectivity index (χ2v) is 9.81. The minimum atomic E-state index is -3.97. The van der Waals surface area contributed by atoms with Gasteiger partial charge in [0.15, 0.2) is 0 Å². The van der Waals surface area contributed by atoms with Gasteiger partial charge in [0, 0.05) is 0 Å². The molecule has 154 valence electrons. The molecule has 2 aromatic carbocycles. The molecule has 0 spiro atoms. The van der Waals surface area contributed by atoms with Gasteiger partial charge in [-0.25, -0.2) is 8.42 Å². The maximum atomic E-state index is 13.4. The molecule has 7 nitrogen and oxygen atoms in total. The number of ether oxygens (including phenoxy) is 1. The summed E-state index contributed by atoms with van der Waals surface area (Å²) in [5.41, 5.74) is 1.38. The fourth-order valence-electron chi connectivity index (χ4n) is 2.58. The molecule has 0 radical (unpaired) electrons. The summed E-state index contributed by atoms with van der Waals surface area (Å²) in [5.74, 6) is -0.615. The lowest BCUT2D eigenvalue weighted by molar-refractivity contribution is 0.210. The average molecular weight is 427 g/mol. The van der Waals surface area contributed by atoms with E-state index in [9.17, 15) is 13.0 Å². The van der Waals surface area contributed by atoms with E-state index >= 15 is 0 Å². The zero-order valence-electron chi connectivity index (χ0n) is 16.4. The zero-order valence-corrected chi connectivity index (χ0v) is 18.1. The van der Waals surface area contributed by atoms with Crippen molar-refractivity contribution in [1.82, 2.24) is 4.72 Å². The van der Waals surface area contributed by atoms with E-state index in [0.717, 1.165) is 5.56 Å². The highest BCUT2D eigenvalue weighted by Gasteiger charge is 2.40. The van der Waals surface area contributed by atoms with E-state index in [1.165, 1.54) is 19.2 Å². The van der Waals surface area contributed by atoms with Crippen molar-refractivity contribution in [2.75, 3.05) is 20.3 Å². The summed E-state index contributed by atoms with van der Waals surface area (Å²) in [6.45, 7) is 5.42. The molecule has 0 aliphatic rings. The second-order valence-electron chi connectivity index (χ2n) is 5.99. The molecule has 0 aliphatic heterocycles. The number of hydrogen-bond acceptors (Lipinski definition) is 6. The molecular formula is C19H26NO6PS. The molecule has 0 amide bonds. The van der Waals surface area contributed by atoms with Crippen LogP contribution in [-0.2, 0) is 23.6 Å². The lowest BCUT2D eigenvalue weighted by Crippen LogP contribution is -2.30. The molecule has 1 atom stereocenters. The molecule has 9 heteroatoms. The minimum Gasteiger partial charge on any atom is -0.497 e. The van der Waals surface area contributed by atoms with Crippen LogP contribution < -0.4 is 9.46 Å². The zero-order chi connectivity index (χ0) is 20.8. The topological polar surface area (TPSA) is 90.9 Å². The van der Waals surface area contributed by atoms with Gasteiger partial charge < -0.3 is 13.8 Å². The van der Waals surface area contributed by atoms with Crippen molar-refractivity contribution in [3.63, 3.8) is 0 Å². The summed E-state index contributed by atoms with van der Waals surface area (Å²) in [4.78, 5) is 0.0659. The van der Waals surface area contributed by atoms with Crippen LogP contribution in [0, 0.1) is 6.92 Å². The first kappa shape index (κ1) is 22.6. The summed E-state index contributed by atoms with van der Waals surface area (Å²) in [6, 6.07) is 13.0. The number of methoxy groups -OCH3 is 1. The molecule has 0 bridgehead atoms. The van der Waals surface area contributed by atoms with E-state index in [-0.39, 0.29) is 18.1 Å². The number of sulfonamides is 1. The van der Waals surface area contributed by atoms with E-state index < -0.39 is 23.4 Å². The van der Waals surface area contributed by atoms with Gasteiger partial charge in [-0.1, -0.05) is 29.8 Å². The number of aryl methyl sites for hydroxylation is 1. The van der Waals surface area contributed by atoms with E-state index in [0.29, 0.717) is 11.3 Å². The summed E-state index contributed by atoms with van der Waals surface area (Å²) >= 11 is 0. The largest absolute Gasteiger partial charge is 0.497 e. The molecule has 2 rings (SSSR count). The number of nitrogens with one attached hydrogen (secondary N) is 1. The molecule has 1 unspecified atom stereocenters. The van der Waals surface area contributed by atoms with Gasteiger partial charge in [0.05, 0.1) is 25.2 Å². The monoisotopic (exact) mass is 427 g/mol. The molecule has 0 saturated carbocycles. The minimum absolute atomic E-state index is 0.0659. The van der Waals surface area contributed by atoms with Gasteiger partial charge in [0.1, 0.15) is 11.5 Å². The fourth-order valence-corrected chi connectivity index (χ4v) is 6.20. The van der Waals surface area contributed by atoms with Crippen molar-refractivity contribution in [2.24, 2.45) is 0 Å². The lowest BCUT2D eigenvalue weighted by atomic mass is 10.2. The molecule has 2 aromatic rings. The van der Waals surface area contributed by atoms with E-state index in [4.69, 9.17) is 13.8 Å². The molecule has 0 saturated heterocycles. The normalized spacial score (nSPS) is 13.3. The first-order valence-electron chi connectivity index (χ1n) is 8.87. The third kappa shape index (κ3) is 5.43. The predicted octanol–water partition coefficient (Wildman–Crippen LogP) is 4.25. The summed E-state index contributed by atoms with van der Waals surface area (Å²) in [6.07, 6.45) is 0. The fraction of sp³-hybridized carbons (Fsp3) is 0.368. The highest BCUT2D eigenvalue weighted by Crippen LogP contribution is 2.60. The van der Waals surface area contributed by atoms with Crippen LogP contribution >= 0.6 is 7.60 Å². The van der Waals surface area contributed by atoms with E-state index in [1.807, 2.05) is 6.92 Å². The van der Waals surface area contributed by atoms with Crippen molar-refractivity contribution in [3.8, 4) is 5.75 Å². The van der Waals surface area contributed by atoms with E-state index in [1.54, 1.807) is 50.2 Å². The molecule has 0 heterocycles. The van der Waals surface area contributed by atoms with Crippen molar-refractivity contribution in [3.05, 3.63) is 59.7 Å².